The molecule has 138 valence electrons. The summed E-state index contributed by atoms with van der Waals surface area (Å²) in [5, 5.41) is 3.83. The molecular formula is C19H12BrN5OS2. The Balaban J connectivity index is 1.31. The number of nitrogens with one attached hydrogen (secondary N) is 2. The number of thiophene rings is 1. The highest BCUT2D eigenvalue weighted by molar-refractivity contribution is 9.10. The van der Waals surface area contributed by atoms with Crippen molar-refractivity contribution in [2.45, 2.75) is 6.54 Å². The summed E-state index contributed by atoms with van der Waals surface area (Å²) < 4.78 is 2.02. The van der Waals surface area contributed by atoms with Gasteiger partial charge in [-0.2, -0.15) is 0 Å². The lowest BCUT2D eigenvalue weighted by Crippen LogP contribution is -2.22. The first-order valence-electron chi connectivity index (χ1n) is 8.40. The number of para-hydroxylation sites is 1. The number of aromatic nitrogens is 4. The maximum Gasteiger partial charge on any atom is 0.261 e. The molecule has 0 aliphatic rings. The molecule has 0 aliphatic carbocycles. The highest BCUT2D eigenvalue weighted by atomic mass is 79.9. The van der Waals surface area contributed by atoms with Crippen molar-refractivity contribution in [2.24, 2.45) is 0 Å². The van der Waals surface area contributed by atoms with Gasteiger partial charge in [-0.1, -0.05) is 12.1 Å². The molecule has 6 nitrogen and oxygen atoms in total. The summed E-state index contributed by atoms with van der Waals surface area (Å²) in [5.74, 6) is 0.531. The number of halogens is 1. The average Bonchev–Trinajstić information content (AvgIpc) is 3.42. The summed E-state index contributed by atoms with van der Waals surface area (Å²) in [5.41, 5.74) is 2.43. The molecule has 0 saturated heterocycles. The molecule has 0 radical (unpaired) electrons. The van der Waals surface area contributed by atoms with Crippen LogP contribution in [-0.4, -0.2) is 25.8 Å². The molecule has 5 rings (SSSR count). The summed E-state index contributed by atoms with van der Waals surface area (Å²) in [6.07, 6.45) is 1.70. The van der Waals surface area contributed by atoms with E-state index in [2.05, 4.69) is 47.2 Å². The van der Waals surface area contributed by atoms with Crippen molar-refractivity contribution >= 4 is 65.9 Å². The molecule has 1 amide bonds. The lowest BCUT2D eigenvalue weighted by molar-refractivity contribution is 0.0954. The summed E-state index contributed by atoms with van der Waals surface area (Å²) in [7, 11) is 0. The molecule has 0 unspecified atom stereocenters. The first kappa shape index (κ1) is 17.5. The van der Waals surface area contributed by atoms with Gasteiger partial charge >= 0.3 is 0 Å². The Bertz CT molecular complexity index is 1290. The highest BCUT2D eigenvalue weighted by Crippen LogP contribution is 2.34. The molecule has 4 heterocycles. The molecule has 0 aliphatic heterocycles. The number of thiazole rings is 1. The number of amides is 1. The molecule has 0 spiro atoms. The van der Waals surface area contributed by atoms with Crippen LogP contribution in [0.1, 0.15) is 15.5 Å². The predicted octanol–water partition coefficient (Wildman–Crippen LogP) is 4.99. The second-order valence-electron chi connectivity index (χ2n) is 6.04. The van der Waals surface area contributed by atoms with E-state index in [4.69, 9.17) is 0 Å². The first-order chi connectivity index (χ1) is 13.7. The number of carbonyl (C=O) groups is 1. The van der Waals surface area contributed by atoms with E-state index in [0.29, 0.717) is 22.9 Å². The third-order valence-electron chi connectivity index (χ3n) is 4.10. The molecule has 9 heteroatoms. The Kier molecular flexibility index (Phi) is 4.42. The molecule has 0 saturated carbocycles. The van der Waals surface area contributed by atoms with E-state index in [1.807, 2.05) is 36.4 Å². The van der Waals surface area contributed by atoms with Crippen molar-refractivity contribution in [3.63, 3.8) is 0 Å². The average molecular weight is 470 g/mol. The van der Waals surface area contributed by atoms with Gasteiger partial charge in [0.2, 0.25) is 0 Å². The molecule has 28 heavy (non-hydrogen) atoms. The van der Waals surface area contributed by atoms with Gasteiger partial charge in [-0.15, -0.1) is 22.7 Å². The fourth-order valence-electron chi connectivity index (χ4n) is 2.81. The number of carbonyl (C=O) groups excluding carboxylic acids is 1. The Morgan fingerprint density at radius 2 is 2.04 bits per heavy atom. The number of nitrogens with zero attached hydrogens (tertiary/aromatic N) is 3. The van der Waals surface area contributed by atoms with Gasteiger partial charge in [0, 0.05) is 10.7 Å². The third-order valence-corrected chi connectivity index (χ3v) is 6.83. The number of aromatic amines is 1. The molecule has 0 bridgehead atoms. The molecule has 1 aromatic carbocycles. The van der Waals surface area contributed by atoms with E-state index in [1.165, 1.54) is 11.3 Å². The maximum atomic E-state index is 12.5. The lowest BCUT2D eigenvalue weighted by atomic mass is 10.3. The zero-order valence-corrected chi connectivity index (χ0v) is 17.5. The zero-order valence-electron chi connectivity index (χ0n) is 14.3. The monoisotopic (exact) mass is 469 g/mol. The number of imidazole rings is 1. The van der Waals surface area contributed by atoms with Gasteiger partial charge in [-0.05, 0) is 46.3 Å². The van der Waals surface area contributed by atoms with Crippen molar-refractivity contribution in [1.29, 1.82) is 0 Å². The Morgan fingerprint density at radius 3 is 2.93 bits per heavy atom. The van der Waals surface area contributed by atoms with Crippen molar-refractivity contribution in [3.05, 3.63) is 63.8 Å². The van der Waals surface area contributed by atoms with Crippen LogP contribution < -0.4 is 5.32 Å². The normalized spacial score (nSPS) is 11.3. The summed E-state index contributed by atoms with van der Waals surface area (Å²) in [6, 6.07) is 13.7. The van der Waals surface area contributed by atoms with Gasteiger partial charge in [0.25, 0.3) is 5.91 Å². The summed E-state index contributed by atoms with van der Waals surface area (Å²) in [4.78, 5) is 30.6. The maximum absolute atomic E-state index is 12.5. The van der Waals surface area contributed by atoms with Crippen LogP contribution in [0.4, 0.5) is 0 Å². The zero-order chi connectivity index (χ0) is 19.1. The molecule has 0 fully saturated rings. The van der Waals surface area contributed by atoms with Crippen molar-refractivity contribution in [2.75, 3.05) is 0 Å². The number of hydrogen-bond donors (Lipinski definition) is 2. The smallest absolute Gasteiger partial charge is 0.261 e. The fourth-order valence-corrected chi connectivity index (χ4v) is 5.09. The van der Waals surface area contributed by atoms with Crippen LogP contribution in [0.15, 0.2) is 53.1 Å². The van der Waals surface area contributed by atoms with Crippen LogP contribution in [0.3, 0.4) is 0 Å². The Hall–Kier alpha value is -2.62. The molecular weight excluding hydrogens is 458 g/mol. The van der Waals surface area contributed by atoms with E-state index in [9.17, 15) is 4.79 Å². The molecule has 5 aromatic rings. The van der Waals surface area contributed by atoms with Gasteiger partial charge in [-0.3, -0.25) is 4.79 Å². The van der Waals surface area contributed by atoms with E-state index < -0.39 is 0 Å². The minimum absolute atomic E-state index is 0.132. The number of fused-ring (bicyclic) bond motifs is 2. The van der Waals surface area contributed by atoms with E-state index in [-0.39, 0.29) is 5.91 Å². The molecule has 2 N–H and O–H groups in total. The Morgan fingerprint density at radius 1 is 1.14 bits per heavy atom. The number of benzene rings is 1. The summed E-state index contributed by atoms with van der Waals surface area (Å²) >= 11 is 6.45. The third kappa shape index (κ3) is 3.32. The number of pyridine rings is 1. The van der Waals surface area contributed by atoms with Crippen molar-refractivity contribution in [1.82, 2.24) is 25.3 Å². The van der Waals surface area contributed by atoms with Crippen molar-refractivity contribution in [3.8, 4) is 9.88 Å². The second kappa shape index (κ2) is 7.08. The fraction of sp³-hybridized carbons (Fsp3) is 0.0526. The standard InChI is InChI=1S/C19H12BrN5OS2/c20-10-7-12-17(21-8-10)25-16(23-12)9-22-18(26)14-5-6-15(27-14)19-24-11-3-1-2-4-13(11)28-19/h1-8H,9H2,(H,22,26)(H,21,23,25). The van der Waals surface area contributed by atoms with E-state index in [0.717, 1.165) is 30.1 Å². The summed E-state index contributed by atoms with van der Waals surface area (Å²) in [6.45, 7) is 0.307. The van der Waals surface area contributed by atoms with Crippen LogP contribution in [-0.2, 0) is 6.54 Å². The van der Waals surface area contributed by atoms with Crippen LogP contribution in [0.5, 0.6) is 0 Å². The number of hydrogen-bond acceptors (Lipinski definition) is 6. The van der Waals surface area contributed by atoms with Gasteiger partial charge in [0.05, 0.1) is 32.0 Å². The lowest BCUT2D eigenvalue weighted by Gasteiger charge is -2.00. The SMILES string of the molecule is O=C(NCc1nc2ncc(Br)cc2[nH]1)c1ccc(-c2nc3ccccc3s2)s1. The second-order valence-corrected chi connectivity index (χ2v) is 9.07. The topological polar surface area (TPSA) is 83.6 Å². The van der Waals surface area contributed by atoms with Gasteiger partial charge in [0.1, 0.15) is 10.8 Å². The first-order valence-corrected chi connectivity index (χ1v) is 10.8. The van der Waals surface area contributed by atoms with Gasteiger partial charge in [-0.25, -0.2) is 15.0 Å². The minimum Gasteiger partial charge on any atom is -0.344 e. The van der Waals surface area contributed by atoms with Gasteiger partial charge in [0.15, 0.2) is 5.65 Å². The van der Waals surface area contributed by atoms with Crippen molar-refractivity contribution < 1.29 is 4.79 Å². The largest absolute Gasteiger partial charge is 0.344 e. The Labute approximate surface area is 175 Å². The molecule has 0 atom stereocenters. The minimum atomic E-state index is -0.132. The molecule has 4 aromatic heterocycles. The van der Waals surface area contributed by atoms with Crippen LogP contribution in [0.25, 0.3) is 31.3 Å². The quantitative estimate of drug-likeness (QED) is 0.388. The van der Waals surface area contributed by atoms with Gasteiger partial charge < -0.3 is 10.3 Å². The number of H-pyrrole nitrogens is 1. The van der Waals surface area contributed by atoms with Crippen LogP contribution in [0, 0.1) is 0 Å². The predicted molar refractivity (Wildman–Crippen MR) is 116 cm³/mol. The van der Waals surface area contributed by atoms with Crippen LogP contribution in [0.2, 0.25) is 0 Å². The number of rotatable bonds is 4. The van der Waals surface area contributed by atoms with E-state index in [1.54, 1.807) is 17.5 Å². The van der Waals surface area contributed by atoms with E-state index >= 15 is 0 Å². The van der Waals surface area contributed by atoms with Crippen LogP contribution >= 0.6 is 38.6 Å². The highest BCUT2D eigenvalue weighted by Gasteiger charge is 2.14.